The predicted molar refractivity (Wildman–Crippen MR) is 56.1 cm³/mol. The van der Waals surface area contributed by atoms with Gasteiger partial charge in [0.05, 0.1) is 5.56 Å². The molecule has 3 rings (SSSR count). The molecular weight excluding hydrogens is 304 g/mol. The van der Waals surface area contributed by atoms with Crippen molar-refractivity contribution in [3.05, 3.63) is 29.5 Å². The molecule has 11 heteroatoms. The van der Waals surface area contributed by atoms with E-state index in [9.17, 15) is 26.3 Å². The fraction of sp³-hybridized carbons (Fsp3) is 0.200. The molecule has 0 aliphatic carbocycles. The number of hydrogen-bond acceptors (Lipinski definition) is 4. The molecule has 0 bridgehead atoms. The topological polar surface area (TPSA) is 56.0 Å². The van der Waals surface area contributed by atoms with E-state index in [0.717, 1.165) is 16.6 Å². The van der Waals surface area contributed by atoms with E-state index >= 15 is 0 Å². The summed E-state index contributed by atoms with van der Waals surface area (Å²) in [5.41, 5.74) is -3.73. The molecule has 3 aromatic rings. The van der Waals surface area contributed by atoms with Crippen molar-refractivity contribution in [2.75, 3.05) is 0 Å². The highest BCUT2D eigenvalue weighted by atomic mass is 19.4. The quantitative estimate of drug-likeness (QED) is 0.599. The number of pyridine rings is 2. The zero-order chi connectivity index (χ0) is 15.4. The van der Waals surface area contributed by atoms with Crippen LogP contribution in [-0.4, -0.2) is 25.0 Å². The van der Waals surface area contributed by atoms with Crippen molar-refractivity contribution >= 4 is 16.7 Å². The van der Waals surface area contributed by atoms with Crippen molar-refractivity contribution in [1.82, 2.24) is 25.0 Å². The zero-order valence-corrected chi connectivity index (χ0v) is 9.74. The van der Waals surface area contributed by atoms with Crippen molar-refractivity contribution in [3.63, 3.8) is 0 Å². The van der Waals surface area contributed by atoms with Crippen LogP contribution < -0.4 is 0 Å². The third-order valence-electron chi connectivity index (χ3n) is 2.73. The van der Waals surface area contributed by atoms with E-state index in [1.54, 1.807) is 0 Å². The monoisotopic (exact) mass is 307 g/mol. The lowest BCUT2D eigenvalue weighted by Crippen LogP contribution is -2.14. The molecule has 0 spiro atoms. The van der Waals surface area contributed by atoms with Crippen LogP contribution in [-0.2, 0) is 12.4 Å². The second kappa shape index (κ2) is 4.02. The van der Waals surface area contributed by atoms with E-state index in [1.807, 2.05) is 0 Å². The summed E-state index contributed by atoms with van der Waals surface area (Å²) < 4.78 is 77.7. The van der Waals surface area contributed by atoms with Gasteiger partial charge in [0.2, 0.25) is 0 Å². The SMILES string of the molecule is FC(F)(F)c1cc(C(F)(F)F)c2ccc3nnnn3c2n1. The lowest BCUT2D eigenvalue weighted by atomic mass is 10.1. The number of fused-ring (bicyclic) bond motifs is 3. The molecule has 0 unspecified atom stereocenters. The lowest BCUT2D eigenvalue weighted by Gasteiger charge is -2.13. The highest BCUT2D eigenvalue weighted by Gasteiger charge is 2.39. The van der Waals surface area contributed by atoms with Crippen LogP contribution in [0.15, 0.2) is 18.2 Å². The van der Waals surface area contributed by atoms with Gasteiger partial charge in [0, 0.05) is 5.39 Å². The first-order valence-electron chi connectivity index (χ1n) is 5.34. The second-order valence-electron chi connectivity index (χ2n) is 4.07. The van der Waals surface area contributed by atoms with E-state index in [4.69, 9.17) is 0 Å². The van der Waals surface area contributed by atoms with Gasteiger partial charge < -0.3 is 0 Å². The Kier molecular flexibility index (Phi) is 2.59. The minimum atomic E-state index is -5.02. The van der Waals surface area contributed by atoms with Gasteiger partial charge in [0.25, 0.3) is 0 Å². The molecule has 110 valence electrons. The predicted octanol–water partition coefficient (Wildman–Crippen LogP) is 2.71. The van der Waals surface area contributed by atoms with Gasteiger partial charge in [-0.2, -0.15) is 30.9 Å². The molecule has 0 saturated carbocycles. The molecule has 3 aromatic heterocycles. The number of halogens is 6. The van der Waals surface area contributed by atoms with Gasteiger partial charge in [-0.1, -0.05) is 0 Å². The summed E-state index contributed by atoms with van der Waals surface area (Å²) in [5.74, 6) is 0. The molecule has 5 nitrogen and oxygen atoms in total. The average molecular weight is 307 g/mol. The average Bonchev–Trinajstić information content (AvgIpc) is 2.83. The smallest absolute Gasteiger partial charge is 0.223 e. The van der Waals surface area contributed by atoms with Crippen molar-refractivity contribution in [1.29, 1.82) is 0 Å². The lowest BCUT2D eigenvalue weighted by molar-refractivity contribution is -0.144. The molecule has 0 aliphatic heterocycles. The Balaban J connectivity index is 2.49. The van der Waals surface area contributed by atoms with Gasteiger partial charge in [-0.3, -0.25) is 0 Å². The van der Waals surface area contributed by atoms with E-state index in [0.29, 0.717) is 0 Å². The van der Waals surface area contributed by atoms with Crippen molar-refractivity contribution in [2.45, 2.75) is 12.4 Å². The Morgan fingerprint density at radius 2 is 1.67 bits per heavy atom. The maximum absolute atomic E-state index is 13.0. The van der Waals surface area contributed by atoms with Gasteiger partial charge >= 0.3 is 12.4 Å². The van der Waals surface area contributed by atoms with Crippen LogP contribution in [0, 0.1) is 0 Å². The number of rotatable bonds is 0. The fourth-order valence-corrected chi connectivity index (χ4v) is 1.85. The third-order valence-corrected chi connectivity index (χ3v) is 2.73. The van der Waals surface area contributed by atoms with Gasteiger partial charge in [0.1, 0.15) is 5.69 Å². The highest BCUT2D eigenvalue weighted by molar-refractivity contribution is 5.82. The standard InChI is InChI=1S/C10H3F6N5/c11-9(12,13)5-3-6(10(14,15)16)17-8-4(5)1-2-7-18-19-20-21(7)8/h1-3H. The summed E-state index contributed by atoms with van der Waals surface area (Å²) in [7, 11) is 0. The summed E-state index contributed by atoms with van der Waals surface area (Å²) in [5, 5.41) is 9.48. The minimum Gasteiger partial charge on any atom is -0.223 e. The van der Waals surface area contributed by atoms with Crippen LogP contribution in [0.1, 0.15) is 11.3 Å². The summed E-state index contributed by atoms with van der Waals surface area (Å²) in [6.07, 6.45) is -9.99. The Labute approximate surface area is 111 Å². The van der Waals surface area contributed by atoms with Crippen molar-refractivity contribution < 1.29 is 26.3 Å². The van der Waals surface area contributed by atoms with Crippen molar-refractivity contribution in [3.8, 4) is 0 Å². The first-order chi connectivity index (χ1) is 9.68. The van der Waals surface area contributed by atoms with E-state index in [1.165, 1.54) is 0 Å². The summed E-state index contributed by atoms with van der Waals surface area (Å²) >= 11 is 0. The number of tetrazole rings is 1. The summed E-state index contributed by atoms with van der Waals surface area (Å²) in [4.78, 5) is 3.22. The maximum atomic E-state index is 13.0. The van der Waals surface area contributed by atoms with Crippen LogP contribution in [0.3, 0.4) is 0 Å². The van der Waals surface area contributed by atoms with Gasteiger partial charge in [-0.15, -0.1) is 5.10 Å². The first-order valence-corrected chi connectivity index (χ1v) is 5.34. The molecule has 0 saturated heterocycles. The van der Waals surface area contributed by atoms with E-state index < -0.39 is 34.6 Å². The largest absolute Gasteiger partial charge is 0.433 e. The fourth-order valence-electron chi connectivity index (χ4n) is 1.85. The van der Waals surface area contributed by atoms with Gasteiger partial charge in [-0.25, -0.2) is 4.98 Å². The molecule has 0 amide bonds. The summed E-state index contributed by atoms with van der Waals surface area (Å²) in [6.45, 7) is 0. The Morgan fingerprint density at radius 1 is 0.952 bits per heavy atom. The Bertz CT molecular complexity index is 833. The molecule has 0 radical (unpaired) electrons. The molecular formula is C10H3F6N5. The van der Waals surface area contributed by atoms with Gasteiger partial charge in [-0.05, 0) is 28.6 Å². The van der Waals surface area contributed by atoms with Crippen LogP contribution in [0.2, 0.25) is 0 Å². The van der Waals surface area contributed by atoms with Crippen LogP contribution in [0.4, 0.5) is 26.3 Å². The van der Waals surface area contributed by atoms with Crippen LogP contribution in [0.5, 0.6) is 0 Å². The normalized spacial score (nSPS) is 13.2. The molecule has 21 heavy (non-hydrogen) atoms. The van der Waals surface area contributed by atoms with Crippen molar-refractivity contribution in [2.24, 2.45) is 0 Å². The molecule has 0 aromatic carbocycles. The molecule has 0 atom stereocenters. The maximum Gasteiger partial charge on any atom is 0.433 e. The first kappa shape index (κ1) is 13.5. The number of alkyl halides is 6. The number of nitrogens with zero attached hydrogens (tertiary/aromatic N) is 5. The van der Waals surface area contributed by atoms with Crippen LogP contribution >= 0.6 is 0 Å². The second-order valence-corrected chi connectivity index (χ2v) is 4.07. The summed E-state index contributed by atoms with van der Waals surface area (Å²) in [6, 6.07) is 2.11. The highest BCUT2D eigenvalue weighted by Crippen LogP contribution is 2.38. The van der Waals surface area contributed by atoms with E-state index in [-0.39, 0.29) is 11.7 Å². The third kappa shape index (κ3) is 2.14. The van der Waals surface area contributed by atoms with Crippen LogP contribution in [0.25, 0.3) is 16.7 Å². The molecule has 0 fully saturated rings. The Hall–Kier alpha value is -2.46. The molecule has 3 heterocycles. The molecule has 0 N–H and O–H groups in total. The van der Waals surface area contributed by atoms with Gasteiger partial charge in [0.15, 0.2) is 11.3 Å². The zero-order valence-electron chi connectivity index (χ0n) is 9.74. The Morgan fingerprint density at radius 3 is 2.29 bits per heavy atom. The number of aromatic nitrogens is 5. The minimum absolute atomic E-state index is 0.0116. The number of hydrogen-bond donors (Lipinski definition) is 0. The van der Waals surface area contributed by atoms with E-state index in [2.05, 4.69) is 20.5 Å². The molecule has 0 aliphatic rings.